The number of hydrogen-bond donors (Lipinski definition) is 1. The van der Waals surface area contributed by atoms with Gasteiger partial charge in [0.2, 0.25) is 5.91 Å². The molecule has 1 saturated carbocycles. The molecule has 34 heavy (non-hydrogen) atoms. The van der Waals surface area contributed by atoms with E-state index in [0.29, 0.717) is 5.92 Å². The summed E-state index contributed by atoms with van der Waals surface area (Å²) in [4.78, 5) is 13.9. The topological polar surface area (TPSA) is 29.1 Å². The largest absolute Gasteiger partial charge is 0.345 e. The van der Waals surface area contributed by atoms with Crippen molar-refractivity contribution < 1.29 is 4.79 Å². The van der Waals surface area contributed by atoms with Gasteiger partial charge in [-0.2, -0.15) is 0 Å². The van der Waals surface area contributed by atoms with Crippen molar-refractivity contribution >= 4 is 5.91 Å². The molecule has 0 aliphatic heterocycles. The lowest BCUT2D eigenvalue weighted by atomic mass is 9.83. The maximum atomic E-state index is 13.9. The summed E-state index contributed by atoms with van der Waals surface area (Å²) in [5.74, 6) is 0.414. The molecule has 2 heteroatoms. The number of benzene rings is 4. The van der Waals surface area contributed by atoms with Crippen molar-refractivity contribution in [2.24, 2.45) is 5.92 Å². The molecule has 0 bridgehead atoms. The van der Waals surface area contributed by atoms with Crippen molar-refractivity contribution in [1.82, 2.24) is 5.32 Å². The molecule has 170 valence electrons. The normalized spacial score (nSPS) is 15.5. The summed E-state index contributed by atoms with van der Waals surface area (Å²) in [7, 11) is 0. The van der Waals surface area contributed by atoms with Crippen LogP contribution < -0.4 is 5.32 Å². The van der Waals surface area contributed by atoms with Gasteiger partial charge in [-0.3, -0.25) is 4.79 Å². The fraction of sp³-hybridized carbons (Fsp3) is 0.219. The first kappa shape index (κ1) is 22.2. The van der Waals surface area contributed by atoms with Crippen molar-refractivity contribution in [2.45, 2.75) is 37.6 Å². The van der Waals surface area contributed by atoms with Crippen LogP contribution in [0.25, 0.3) is 11.1 Å². The summed E-state index contributed by atoms with van der Waals surface area (Å²) < 4.78 is 0. The third-order valence-electron chi connectivity index (χ3n) is 7.08. The van der Waals surface area contributed by atoms with E-state index in [1.165, 1.54) is 24.0 Å². The van der Waals surface area contributed by atoms with Crippen LogP contribution in [0.3, 0.4) is 0 Å². The molecule has 2 unspecified atom stereocenters. The summed E-state index contributed by atoms with van der Waals surface area (Å²) in [5, 5.41) is 3.45. The highest BCUT2D eigenvalue weighted by Crippen LogP contribution is 2.38. The Morgan fingerprint density at radius 2 is 1.06 bits per heavy atom. The van der Waals surface area contributed by atoms with Crippen LogP contribution in [-0.4, -0.2) is 5.91 Å². The molecule has 1 N–H and O–H groups in total. The molecule has 2 atom stereocenters. The van der Waals surface area contributed by atoms with Crippen LogP contribution in [0.15, 0.2) is 115 Å². The first-order valence-corrected chi connectivity index (χ1v) is 12.4. The Balaban J connectivity index is 1.46. The molecule has 0 heterocycles. The van der Waals surface area contributed by atoms with Crippen LogP contribution in [0.2, 0.25) is 0 Å². The van der Waals surface area contributed by atoms with Crippen LogP contribution in [0, 0.1) is 5.92 Å². The number of carbonyl (C=O) groups is 1. The smallest absolute Gasteiger partial charge is 0.228 e. The monoisotopic (exact) mass is 445 g/mol. The van der Waals surface area contributed by atoms with Crippen LogP contribution in [-0.2, 0) is 4.79 Å². The summed E-state index contributed by atoms with van der Waals surface area (Å²) in [5.41, 5.74) is 5.69. The minimum atomic E-state index is -0.189. The zero-order valence-electron chi connectivity index (χ0n) is 19.4. The van der Waals surface area contributed by atoms with Gasteiger partial charge in [0.15, 0.2) is 0 Å². The molecule has 4 aromatic rings. The number of rotatable bonds is 7. The van der Waals surface area contributed by atoms with E-state index in [1.807, 2.05) is 42.5 Å². The second-order valence-corrected chi connectivity index (χ2v) is 9.27. The highest BCUT2D eigenvalue weighted by molar-refractivity contribution is 5.85. The zero-order chi connectivity index (χ0) is 23.2. The molecule has 0 radical (unpaired) electrons. The van der Waals surface area contributed by atoms with Crippen molar-refractivity contribution in [3.63, 3.8) is 0 Å². The first-order valence-electron chi connectivity index (χ1n) is 12.4. The lowest BCUT2D eigenvalue weighted by molar-refractivity contribution is -0.124. The van der Waals surface area contributed by atoms with Gasteiger partial charge in [-0.25, -0.2) is 0 Å². The maximum Gasteiger partial charge on any atom is 0.228 e. The van der Waals surface area contributed by atoms with Crippen molar-refractivity contribution in [3.8, 4) is 11.1 Å². The van der Waals surface area contributed by atoms with E-state index in [-0.39, 0.29) is 17.9 Å². The van der Waals surface area contributed by atoms with Crippen LogP contribution in [0.5, 0.6) is 0 Å². The van der Waals surface area contributed by atoms with Crippen molar-refractivity contribution in [2.75, 3.05) is 0 Å². The first-order chi connectivity index (χ1) is 16.8. The summed E-state index contributed by atoms with van der Waals surface area (Å²) in [6.07, 6.45) is 4.66. The lowest BCUT2D eigenvalue weighted by Gasteiger charge is -2.27. The Labute approximate surface area is 202 Å². The van der Waals surface area contributed by atoms with Gasteiger partial charge in [0.05, 0.1) is 12.0 Å². The van der Waals surface area contributed by atoms with Crippen LogP contribution in [0.1, 0.15) is 54.3 Å². The quantitative estimate of drug-likeness (QED) is 0.313. The summed E-state index contributed by atoms with van der Waals surface area (Å²) in [6, 6.07) is 39.4. The molecular formula is C32H31NO. The highest BCUT2D eigenvalue weighted by atomic mass is 16.2. The second kappa shape index (κ2) is 10.5. The third-order valence-corrected chi connectivity index (χ3v) is 7.08. The Hall–Kier alpha value is -3.65. The fourth-order valence-corrected chi connectivity index (χ4v) is 5.32. The molecule has 0 saturated heterocycles. The molecule has 2 nitrogen and oxygen atoms in total. The SMILES string of the molecule is O=C(NC(c1ccccc1)c1ccc(-c2ccccc2)cc1)C(c1ccccc1)C1CCCC1. The van der Waals surface area contributed by atoms with Crippen LogP contribution >= 0.6 is 0 Å². The van der Waals surface area contributed by atoms with Gasteiger partial charge in [0.1, 0.15) is 0 Å². The van der Waals surface area contributed by atoms with Gasteiger partial charge in [-0.1, -0.05) is 128 Å². The molecule has 1 fully saturated rings. The Morgan fingerprint density at radius 3 is 1.65 bits per heavy atom. The minimum Gasteiger partial charge on any atom is -0.345 e. The van der Waals surface area contributed by atoms with Gasteiger partial charge < -0.3 is 5.32 Å². The van der Waals surface area contributed by atoms with E-state index in [2.05, 4.69) is 78.1 Å². The molecule has 4 aromatic carbocycles. The van der Waals surface area contributed by atoms with E-state index in [1.54, 1.807) is 0 Å². The van der Waals surface area contributed by atoms with E-state index >= 15 is 0 Å². The van der Waals surface area contributed by atoms with Crippen LogP contribution in [0.4, 0.5) is 0 Å². The van der Waals surface area contributed by atoms with E-state index in [4.69, 9.17) is 0 Å². The number of hydrogen-bond acceptors (Lipinski definition) is 1. The zero-order valence-corrected chi connectivity index (χ0v) is 19.4. The molecule has 1 aliphatic rings. The molecule has 0 spiro atoms. The summed E-state index contributed by atoms with van der Waals surface area (Å²) >= 11 is 0. The maximum absolute atomic E-state index is 13.9. The van der Waals surface area contributed by atoms with Crippen molar-refractivity contribution in [3.05, 3.63) is 132 Å². The lowest BCUT2D eigenvalue weighted by Crippen LogP contribution is -2.36. The van der Waals surface area contributed by atoms with Crippen molar-refractivity contribution in [1.29, 1.82) is 0 Å². The Morgan fingerprint density at radius 1 is 0.588 bits per heavy atom. The van der Waals surface area contributed by atoms with Gasteiger partial charge in [-0.15, -0.1) is 0 Å². The van der Waals surface area contributed by atoms with Gasteiger partial charge in [0, 0.05) is 0 Å². The average Bonchev–Trinajstić information content (AvgIpc) is 3.44. The molecule has 1 amide bonds. The standard InChI is InChI=1S/C32H31NO/c34-32(30(27-16-10-11-17-27)26-14-6-2-7-15-26)33-31(28-18-8-3-9-19-28)29-22-20-25(21-23-29)24-12-4-1-5-13-24/h1-9,12-15,18-23,27,30-31H,10-11,16-17H2,(H,33,34). The van der Waals surface area contributed by atoms with E-state index < -0.39 is 0 Å². The number of carbonyl (C=O) groups excluding carboxylic acids is 1. The predicted molar refractivity (Wildman–Crippen MR) is 139 cm³/mol. The average molecular weight is 446 g/mol. The predicted octanol–water partition coefficient (Wildman–Crippen LogP) is 7.53. The van der Waals surface area contributed by atoms with E-state index in [0.717, 1.165) is 29.5 Å². The highest BCUT2D eigenvalue weighted by Gasteiger charge is 2.33. The molecule has 0 aromatic heterocycles. The molecule has 5 rings (SSSR count). The second-order valence-electron chi connectivity index (χ2n) is 9.27. The van der Waals surface area contributed by atoms with E-state index in [9.17, 15) is 4.79 Å². The number of amides is 1. The fourth-order valence-electron chi connectivity index (χ4n) is 5.32. The minimum absolute atomic E-state index is 0.112. The van der Waals surface area contributed by atoms with Gasteiger partial charge in [0.25, 0.3) is 0 Å². The van der Waals surface area contributed by atoms with Gasteiger partial charge in [-0.05, 0) is 46.6 Å². The number of nitrogens with one attached hydrogen (secondary N) is 1. The summed E-state index contributed by atoms with van der Waals surface area (Å²) in [6.45, 7) is 0. The van der Waals surface area contributed by atoms with Gasteiger partial charge >= 0.3 is 0 Å². The Bertz CT molecular complexity index is 1180. The molecule has 1 aliphatic carbocycles. The third kappa shape index (κ3) is 4.97. The Kier molecular flexibility index (Phi) is 6.86. The molecular weight excluding hydrogens is 414 g/mol.